The maximum atomic E-state index is 10.5. The zero-order valence-electron chi connectivity index (χ0n) is 3.86. The Kier molecular flexibility index (Phi) is 1.28. The van der Waals surface area contributed by atoms with Gasteiger partial charge in [0.1, 0.15) is 9.39 Å². The molecule has 1 aromatic heterocycles. The quantitative estimate of drug-likeness (QED) is 0.539. The molecule has 5 heteroatoms. The van der Waals surface area contributed by atoms with E-state index in [1.165, 1.54) is 0 Å². The van der Waals surface area contributed by atoms with Gasteiger partial charge in [-0.3, -0.25) is 15.0 Å². The van der Waals surface area contributed by atoms with Crippen molar-refractivity contribution in [3.8, 4) is 0 Å². The van der Waals surface area contributed by atoms with Gasteiger partial charge in [-0.25, -0.2) is 0 Å². The molecule has 0 amide bonds. The smallest absolute Gasteiger partial charge is 0.279 e. The Morgan fingerprint density at radius 2 is 2.12 bits per heavy atom. The lowest BCUT2D eigenvalue weighted by Crippen LogP contribution is -2.01. The lowest BCUT2D eigenvalue weighted by atomic mass is 10.7. The number of halogens is 1. The van der Waals surface area contributed by atoms with Gasteiger partial charge in [0.25, 0.3) is 5.56 Å². The minimum absolute atomic E-state index is 0.164. The fourth-order valence-electron chi connectivity index (χ4n) is 0.356. The molecule has 0 bridgehead atoms. The second kappa shape index (κ2) is 1.81. The van der Waals surface area contributed by atoms with Crippen LogP contribution in [0.3, 0.4) is 0 Å². The third kappa shape index (κ3) is 0.726. The molecule has 44 valence electrons. The molecule has 0 fully saturated rings. The number of aromatic nitrogens is 2. The summed E-state index contributed by atoms with van der Waals surface area (Å²) in [5.74, 6) is 0.399. The van der Waals surface area contributed by atoms with E-state index in [2.05, 4.69) is 10.2 Å². The summed E-state index contributed by atoms with van der Waals surface area (Å²) in [6.45, 7) is 0. The Hall–Kier alpha value is -0.460. The van der Waals surface area contributed by atoms with Gasteiger partial charge in [0.2, 0.25) is 0 Å². The van der Waals surface area contributed by atoms with Crippen LogP contribution < -0.4 is 11.3 Å². The molecule has 0 aliphatic carbocycles. The third-order valence-corrected chi connectivity index (χ3v) is 1.82. The van der Waals surface area contributed by atoms with Gasteiger partial charge in [0.15, 0.2) is 0 Å². The standard InChI is InChI=1S/C3H4IN3O/c4-1-2(5)6-7-3(1)8/h(H4,5,6,7,8). The van der Waals surface area contributed by atoms with Crippen LogP contribution in [-0.4, -0.2) is 10.2 Å². The number of nitrogen functional groups attached to an aromatic ring is 1. The molecule has 0 radical (unpaired) electrons. The average molecular weight is 225 g/mol. The van der Waals surface area contributed by atoms with Crippen LogP contribution in [0, 0.1) is 3.57 Å². The van der Waals surface area contributed by atoms with E-state index >= 15 is 0 Å². The molecule has 1 aromatic rings. The fourth-order valence-corrected chi connectivity index (χ4v) is 0.626. The highest BCUT2D eigenvalue weighted by Crippen LogP contribution is 2.02. The number of nitrogens with one attached hydrogen (secondary N) is 2. The van der Waals surface area contributed by atoms with Crippen LogP contribution in [0.25, 0.3) is 0 Å². The van der Waals surface area contributed by atoms with Crippen LogP contribution in [0.1, 0.15) is 0 Å². The van der Waals surface area contributed by atoms with Crippen molar-refractivity contribution in [3.05, 3.63) is 13.9 Å². The Labute approximate surface area is 58.6 Å². The second-order valence-electron chi connectivity index (χ2n) is 1.31. The number of H-pyrrole nitrogens is 2. The van der Waals surface area contributed by atoms with Gasteiger partial charge in [-0.2, -0.15) is 0 Å². The monoisotopic (exact) mass is 225 g/mol. The van der Waals surface area contributed by atoms with E-state index in [4.69, 9.17) is 5.73 Å². The molecular formula is C3H4IN3O. The van der Waals surface area contributed by atoms with Crippen LogP contribution in [-0.2, 0) is 0 Å². The maximum Gasteiger partial charge on any atom is 0.279 e. The molecule has 0 atom stereocenters. The third-order valence-electron chi connectivity index (χ3n) is 0.747. The highest BCUT2D eigenvalue weighted by Gasteiger charge is 1.98. The van der Waals surface area contributed by atoms with E-state index in [0.29, 0.717) is 9.39 Å². The second-order valence-corrected chi connectivity index (χ2v) is 2.39. The Balaban J connectivity index is 3.41. The number of aromatic amines is 2. The summed E-state index contributed by atoms with van der Waals surface area (Å²) in [5, 5.41) is 4.79. The molecule has 1 rings (SSSR count). The van der Waals surface area contributed by atoms with Crippen molar-refractivity contribution >= 4 is 28.4 Å². The molecule has 0 saturated carbocycles. The zero-order chi connectivity index (χ0) is 6.15. The predicted octanol–water partition coefficient (Wildman–Crippen LogP) is -0.110. The number of anilines is 1. The SMILES string of the molecule is Nc1[nH][nH]c(=O)c1I. The Morgan fingerprint density at radius 3 is 2.25 bits per heavy atom. The molecule has 0 saturated heterocycles. The average Bonchev–Trinajstić information content (AvgIpc) is 1.98. The summed E-state index contributed by atoms with van der Waals surface area (Å²) in [7, 11) is 0. The topological polar surface area (TPSA) is 74.7 Å². The largest absolute Gasteiger partial charge is 0.383 e. The minimum Gasteiger partial charge on any atom is -0.383 e. The van der Waals surface area contributed by atoms with Crippen LogP contribution in [0.4, 0.5) is 5.82 Å². The van der Waals surface area contributed by atoms with Gasteiger partial charge in [-0.15, -0.1) is 0 Å². The molecule has 0 spiro atoms. The van der Waals surface area contributed by atoms with Crippen LogP contribution in [0.15, 0.2) is 4.79 Å². The molecular weight excluding hydrogens is 221 g/mol. The molecule has 1 heterocycles. The van der Waals surface area contributed by atoms with E-state index in [1.807, 2.05) is 22.6 Å². The van der Waals surface area contributed by atoms with Gasteiger partial charge in [0, 0.05) is 0 Å². The van der Waals surface area contributed by atoms with E-state index in [1.54, 1.807) is 0 Å². The van der Waals surface area contributed by atoms with Crippen molar-refractivity contribution in [1.29, 1.82) is 0 Å². The zero-order valence-corrected chi connectivity index (χ0v) is 6.02. The van der Waals surface area contributed by atoms with Gasteiger partial charge < -0.3 is 5.73 Å². The first-order valence-electron chi connectivity index (χ1n) is 1.93. The summed E-state index contributed by atoms with van der Waals surface area (Å²) in [6, 6.07) is 0. The molecule has 8 heavy (non-hydrogen) atoms. The van der Waals surface area contributed by atoms with Crippen molar-refractivity contribution in [3.63, 3.8) is 0 Å². The van der Waals surface area contributed by atoms with Gasteiger partial charge in [0.05, 0.1) is 0 Å². The minimum atomic E-state index is -0.164. The maximum absolute atomic E-state index is 10.5. The molecule has 0 aromatic carbocycles. The predicted molar refractivity (Wildman–Crippen MR) is 38.5 cm³/mol. The van der Waals surface area contributed by atoms with Crippen LogP contribution in [0.2, 0.25) is 0 Å². The molecule has 4 N–H and O–H groups in total. The number of nitrogens with two attached hydrogens (primary N) is 1. The first-order valence-corrected chi connectivity index (χ1v) is 3.01. The van der Waals surface area contributed by atoms with Crippen LogP contribution in [0.5, 0.6) is 0 Å². The highest BCUT2D eigenvalue weighted by atomic mass is 127. The summed E-state index contributed by atoms with van der Waals surface area (Å²) < 4.78 is 0.516. The molecule has 0 aliphatic heterocycles. The molecule has 0 aliphatic rings. The van der Waals surface area contributed by atoms with Crippen molar-refractivity contribution in [1.82, 2.24) is 10.2 Å². The van der Waals surface area contributed by atoms with E-state index in [-0.39, 0.29) is 5.56 Å². The summed E-state index contributed by atoms with van der Waals surface area (Å²) in [6.07, 6.45) is 0. The van der Waals surface area contributed by atoms with Gasteiger partial charge >= 0.3 is 0 Å². The van der Waals surface area contributed by atoms with Crippen LogP contribution >= 0.6 is 22.6 Å². The highest BCUT2D eigenvalue weighted by molar-refractivity contribution is 14.1. The van der Waals surface area contributed by atoms with E-state index < -0.39 is 0 Å². The summed E-state index contributed by atoms with van der Waals surface area (Å²) >= 11 is 1.86. The lowest BCUT2D eigenvalue weighted by molar-refractivity contribution is 1.06. The van der Waals surface area contributed by atoms with E-state index in [0.717, 1.165) is 0 Å². The summed E-state index contributed by atoms with van der Waals surface area (Å²) in [5.41, 5.74) is 5.08. The van der Waals surface area contributed by atoms with Crippen molar-refractivity contribution < 1.29 is 0 Å². The fraction of sp³-hybridized carbons (Fsp3) is 0. The normalized spacial score (nSPS) is 9.62. The Morgan fingerprint density at radius 1 is 1.50 bits per heavy atom. The molecule has 0 unspecified atom stereocenters. The lowest BCUT2D eigenvalue weighted by Gasteiger charge is -1.77. The first kappa shape index (κ1) is 5.67. The summed E-state index contributed by atoms with van der Waals surface area (Å²) in [4.78, 5) is 10.5. The van der Waals surface area contributed by atoms with Crippen molar-refractivity contribution in [2.75, 3.05) is 5.73 Å². The van der Waals surface area contributed by atoms with E-state index in [9.17, 15) is 4.79 Å². The van der Waals surface area contributed by atoms with Gasteiger partial charge in [-0.1, -0.05) is 0 Å². The number of rotatable bonds is 0. The number of hydrogen-bond acceptors (Lipinski definition) is 2. The Bertz CT molecular complexity index is 237. The van der Waals surface area contributed by atoms with Gasteiger partial charge in [-0.05, 0) is 22.6 Å². The first-order chi connectivity index (χ1) is 3.72. The number of hydrogen-bond donors (Lipinski definition) is 3. The van der Waals surface area contributed by atoms with Crippen molar-refractivity contribution in [2.45, 2.75) is 0 Å². The molecule has 4 nitrogen and oxygen atoms in total. The van der Waals surface area contributed by atoms with Crippen molar-refractivity contribution in [2.24, 2.45) is 0 Å².